The monoisotopic (exact) mass is 315 g/mol. The van der Waals surface area contributed by atoms with E-state index in [-0.39, 0.29) is 11.9 Å². The van der Waals surface area contributed by atoms with E-state index in [1.54, 1.807) is 0 Å². The van der Waals surface area contributed by atoms with Gasteiger partial charge in [-0.25, -0.2) is 0 Å². The minimum absolute atomic E-state index is 0.0187. The van der Waals surface area contributed by atoms with E-state index in [2.05, 4.69) is 52.4 Å². The van der Waals surface area contributed by atoms with Crippen LogP contribution in [0.25, 0.3) is 0 Å². The predicted molar refractivity (Wildman–Crippen MR) is 94.7 cm³/mol. The lowest BCUT2D eigenvalue weighted by molar-refractivity contribution is -0.127. The van der Waals surface area contributed by atoms with Gasteiger partial charge in [0.2, 0.25) is 5.91 Å². The number of piperazine rings is 1. The zero-order valence-electron chi connectivity index (χ0n) is 14.2. The van der Waals surface area contributed by atoms with Crippen molar-refractivity contribution in [2.24, 2.45) is 0 Å². The summed E-state index contributed by atoms with van der Waals surface area (Å²) in [4.78, 5) is 17.2. The molecule has 0 bridgehead atoms. The van der Waals surface area contributed by atoms with Gasteiger partial charge in [-0.3, -0.25) is 9.69 Å². The molecule has 1 heterocycles. The normalized spacial score (nSPS) is 21.9. The number of hydrogen-bond acceptors (Lipinski definition) is 3. The summed E-state index contributed by atoms with van der Waals surface area (Å²) in [5.41, 5.74) is 1.28. The lowest BCUT2D eigenvalue weighted by atomic mass is 9.95. The molecule has 0 aromatic heterocycles. The standard InChI is InChI=1S/C19H29N3O/c1-16(19(23)20-17-8-4-2-5-9-17)21-12-14-22(15-13-21)18-10-6-3-7-11-18/h3,6-7,10-11,16-17H,2,4-5,8-9,12-15H2,1H3,(H,20,23)/t16-/m1/s1. The van der Waals surface area contributed by atoms with Crippen LogP contribution in [0.1, 0.15) is 39.0 Å². The fraction of sp³-hybridized carbons (Fsp3) is 0.632. The van der Waals surface area contributed by atoms with Crippen LogP contribution < -0.4 is 10.2 Å². The highest BCUT2D eigenvalue weighted by Gasteiger charge is 2.27. The SMILES string of the molecule is C[C@H](C(=O)NC1CCCCC1)N1CCN(c2ccccc2)CC1. The Balaban J connectivity index is 1.47. The first-order valence-electron chi connectivity index (χ1n) is 9.08. The maximum atomic E-state index is 12.5. The molecule has 1 aromatic rings. The molecule has 0 radical (unpaired) electrons. The lowest BCUT2D eigenvalue weighted by Crippen LogP contribution is -2.55. The van der Waals surface area contributed by atoms with Crippen LogP contribution >= 0.6 is 0 Å². The Bertz CT molecular complexity index is 491. The minimum Gasteiger partial charge on any atom is -0.369 e. The number of anilines is 1. The molecule has 126 valence electrons. The summed E-state index contributed by atoms with van der Waals surface area (Å²) in [6.45, 7) is 5.94. The number of carbonyl (C=O) groups excluding carboxylic acids is 1. The highest BCUT2D eigenvalue weighted by molar-refractivity contribution is 5.81. The highest BCUT2D eigenvalue weighted by Crippen LogP contribution is 2.19. The van der Waals surface area contributed by atoms with Crippen molar-refractivity contribution in [2.75, 3.05) is 31.1 Å². The van der Waals surface area contributed by atoms with Crippen molar-refractivity contribution in [2.45, 2.75) is 51.1 Å². The molecule has 1 saturated heterocycles. The van der Waals surface area contributed by atoms with E-state index < -0.39 is 0 Å². The third kappa shape index (κ3) is 4.25. The summed E-state index contributed by atoms with van der Waals surface area (Å²) in [6, 6.07) is 10.9. The van der Waals surface area contributed by atoms with Gasteiger partial charge in [0.25, 0.3) is 0 Å². The summed E-state index contributed by atoms with van der Waals surface area (Å²) in [6.07, 6.45) is 6.15. The maximum Gasteiger partial charge on any atom is 0.237 e. The number of para-hydroxylation sites is 1. The van der Waals surface area contributed by atoms with E-state index in [9.17, 15) is 4.79 Å². The number of benzene rings is 1. The fourth-order valence-electron chi connectivity index (χ4n) is 3.74. The molecule has 2 aliphatic rings. The summed E-state index contributed by atoms with van der Waals surface area (Å²) in [5, 5.41) is 3.26. The number of carbonyl (C=O) groups is 1. The zero-order chi connectivity index (χ0) is 16.1. The number of amides is 1. The van der Waals surface area contributed by atoms with Crippen LogP contribution in [0.15, 0.2) is 30.3 Å². The summed E-state index contributed by atoms with van der Waals surface area (Å²) >= 11 is 0. The van der Waals surface area contributed by atoms with E-state index in [0.717, 1.165) is 39.0 Å². The Labute approximate surface area is 139 Å². The van der Waals surface area contributed by atoms with Crippen LogP contribution in [0.3, 0.4) is 0 Å². The van der Waals surface area contributed by atoms with Crippen molar-refractivity contribution >= 4 is 11.6 Å². The second kappa shape index (κ2) is 7.82. The van der Waals surface area contributed by atoms with Crippen LogP contribution in [0.4, 0.5) is 5.69 Å². The average Bonchev–Trinajstić information content (AvgIpc) is 2.63. The van der Waals surface area contributed by atoms with Crippen molar-refractivity contribution < 1.29 is 4.79 Å². The zero-order valence-corrected chi connectivity index (χ0v) is 14.2. The van der Waals surface area contributed by atoms with Crippen LogP contribution in [0.2, 0.25) is 0 Å². The molecule has 1 N–H and O–H groups in total. The molecule has 1 aliphatic carbocycles. The molecule has 3 rings (SSSR count). The van der Waals surface area contributed by atoms with Crippen LogP contribution in [-0.4, -0.2) is 49.1 Å². The third-order valence-corrected chi connectivity index (χ3v) is 5.31. The van der Waals surface area contributed by atoms with Gasteiger partial charge in [0, 0.05) is 37.9 Å². The fourth-order valence-corrected chi connectivity index (χ4v) is 3.74. The van der Waals surface area contributed by atoms with Crippen LogP contribution in [0.5, 0.6) is 0 Å². The molecule has 1 saturated carbocycles. The lowest BCUT2D eigenvalue weighted by Gasteiger charge is -2.39. The molecular weight excluding hydrogens is 286 g/mol. The van der Waals surface area contributed by atoms with Gasteiger partial charge in [0.1, 0.15) is 0 Å². The van der Waals surface area contributed by atoms with E-state index >= 15 is 0 Å². The van der Waals surface area contributed by atoms with Gasteiger partial charge in [-0.1, -0.05) is 37.5 Å². The van der Waals surface area contributed by atoms with Crippen molar-refractivity contribution in [3.63, 3.8) is 0 Å². The second-order valence-corrected chi connectivity index (χ2v) is 6.88. The topological polar surface area (TPSA) is 35.6 Å². The highest BCUT2D eigenvalue weighted by atomic mass is 16.2. The molecule has 4 nitrogen and oxygen atoms in total. The quantitative estimate of drug-likeness (QED) is 0.928. The van der Waals surface area contributed by atoms with Gasteiger partial charge in [-0.05, 0) is 31.9 Å². The molecule has 2 fully saturated rings. The summed E-state index contributed by atoms with van der Waals surface area (Å²) in [5.74, 6) is 0.213. The molecule has 0 spiro atoms. The van der Waals surface area contributed by atoms with E-state index in [4.69, 9.17) is 0 Å². The molecule has 1 aliphatic heterocycles. The van der Waals surface area contributed by atoms with Crippen LogP contribution in [0, 0.1) is 0 Å². The van der Waals surface area contributed by atoms with E-state index in [0.29, 0.717) is 6.04 Å². The molecule has 0 unspecified atom stereocenters. The minimum atomic E-state index is -0.0187. The number of nitrogens with zero attached hydrogens (tertiary/aromatic N) is 2. The number of nitrogens with one attached hydrogen (secondary N) is 1. The van der Waals surface area contributed by atoms with Crippen LogP contribution in [-0.2, 0) is 4.79 Å². The maximum absolute atomic E-state index is 12.5. The number of rotatable bonds is 4. The van der Waals surface area contributed by atoms with Gasteiger partial charge < -0.3 is 10.2 Å². The van der Waals surface area contributed by atoms with Crippen molar-refractivity contribution in [3.05, 3.63) is 30.3 Å². The average molecular weight is 315 g/mol. The Morgan fingerprint density at radius 2 is 1.70 bits per heavy atom. The van der Waals surface area contributed by atoms with Gasteiger partial charge in [0.15, 0.2) is 0 Å². The second-order valence-electron chi connectivity index (χ2n) is 6.88. The van der Waals surface area contributed by atoms with Gasteiger partial charge in [-0.2, -0.15) is 0 Å². The summed E-state index contributed by atoms with van der Waals surface area (Å²) in [7, 11) is 0. The third-order valence-electron chi connectivity index (χ3n) is 5.31. The van der Waals surface area contributed by atoms with E-state index in [1.807, 2.05) is 0 Å². The molecule has 1 amide bonds. The first-order valence-corrected chi connectivity index (χ1v) is 9.08. The smallest absolute Gasteiger partial charge is 0.237 e. The molecule has 1 aromatic carbocycles. The Kier molecular flexibility index (Phi) is 5.55. The Morgan fingerprint density at radius 1 is 1.04 bits per heavy atom. The van der Waals surface area contributed by atoms with Gasteiger partial charge in [0.05, 0.1) is 6.04 Å². The van der Waals surface area contributed by atoms with Crippen molar-refractivity contribution in [3.8, 4) is 0 Å². The van der Waals surface area contributed by atoms with E-state index in [1.165, 1.54) is 24.9 Å². The number of hydrogen-bond donors (Lipinski definition) is 1. The molecular formula is C19H29N3O. The molecule has 23 heavy (non-hydrogen) atoms. The van der Waals surface area contributed by atoms with Gasteiger partial charge in [-0.15, -0.1) is 0 Å². The van der Waals surface area contributed by atoms with Crippen molar-refractivity contribution in [1.82, 2.24) is 10.2 Å². The van der Waals surface area contributed by atoms with Crippen molar-refractivity contribution in [1.29, 1.82) is 0 Å². The molecule has 4 heteroatoms. The molecule has 1 atom stereocenters. The largest absolute Gasteiger partial charge is 0.369 e. The van der Waals surface area contributed by atoms with Gasteiger partial charge >= 0.3 is 0 Å². The Morgan fingerprint density at radius 3 is 2.35 bits per heavy atom. The predicted octanol–water partition coefficient (Wildman–Crippen LogP) is 2.65. The first kappa shape index (κ1) is 16.3. The first-order chi connectivity index (χ1) is 11.2. The Hall–Kier alpha value is -1.55. The summed E-state index contributed by atoms with van der Waals surface area (Å²) < 4.78 is 0.